The van der Waals surface area contributed by atoms with Crippen LogP contribution in [0.4, 0.5) is 0 Å². The first-order chi connectivity index (χ1) is 12.3. The summed E-state index contributed by atoms with van der Waals surface area (Å²) in [6.07, 6.45) is 0. The van der Waals surface area contributed by atoms with Crippen molar-refractivity contribution in [1.82, 2.24) is 0 Å². The Bertz CT molecular complexity index is 896. The van der Waals surface area contributed by atoms with E-state index in [-0.39, 0.29) is 28.2 Å². The maximum absolute atomic E-state index is 12.7. The predicted molar refractivity (Wildman–Crippen MR) is 90.5 cm³/mol. The van der Waals surface area contributed by atoms with Gasteiger partial charge in [0, 0.05) is 5.57 Å². The van der Waals surface area contributed by atoms with Gasteiger partial charge in [-0.05, 0) is 35.4 Å². The summed E-state index contributed by atoms with van der Waals surface area (Å²) in [5, 5.41) is 40.5. The highest BCUT2D eigenvalue weighted by Crippen LogP contribution is 2.49. The molecule has 1 aliphatic rings. The molecule has 2 atom stereocenters. The van der Waals surface area contributed by atoms with Crippen molar-refractivity contribution in [3.8, 4) is 11.5 Å². The lowest BCUT2D eigenvalue weighted by atomic mass is 9.78. The van der Waals surface area contributed by atoms with E-state index in [4.69, 9.17) is 4.74 Å². The Morgan fingerprint density at radius 3 is 1.96 bits per heavy atom. The second-order valence-electron chi connectivity index (χ2n) is 5.92. The van der Waals surface area contributed by atoms with Crippen molar-refractivity contribution in [2.75, 3.05) is 7.11 Å². The zero-order valence-corrected chi connectivity index (χ0v) is 13.7. The zero-order chi connectivity index (χ0) is 19.1. The van der Waals surface area contributed by atoms with Gasteiger partial charge in [0.2, 0.25) is 11.4 Å². The number of esters is 1. The Balaban J connectivity index is 2.22. The topological polar surface area (TPSA) is 124 Å². The number of hydrogen-bond donors (Lipinski definition) is 4. The molecule has 0 bridgehead atoms. The van der Waals surface area contributed by atoms with Crippen molar-refractivity contribution >= 4 is 17.3 Å². The zero-order valence-electron chi connectivity index (χ0n) is 13.7. The minimum Gasteiger partial charge on any atom is -0.508 e. The van der Waals surface area contributed by atoms with Crippen LogP contribution in [0.3, 0.4) is 0 Å². The molecule has 3 rings (SSSR count). The van der Waals surface area contributed by atoms with Crippen molar-refractivity contribution in [3.05, 3.63) is 65.4 Å². The molecule has 0 amide bonds. The van der Waals surface area contributed by atoms with Gasteiger partial charge in [0.1, 0.15) is 11.5 Å². The molecule has 0 aliphatic heterocycles. The monoisotopic (exact) mass is 356 g/mol. The molecule has 26 heavy (non-hydrogen) atoms. The maximum atomic E-state index is 12.7. The summed E-state index contributed by atoms with van der Waals surface area (Å²) in [6.45, 7) is 0. The van der Waals surface area contributed by atoms with E-state index in [1.54, 1.807) is 0 Å². The number of Topliss-reactive ketones (excluding diaryl/α,β-unsaturated/α-hetero) is 1. The van der Waals surface area contributed by atoms with Crippen LogP contribution < -0.4 is 0 Å². The van der Waals surface area contributed by atoms with Crippen LogP contribution in [-0.2, 0) is 14.3 Å². The minimum atomic E-state index is -2.47. The van der Waals surface area contributed by atoms with Gasteiger partial charge in [-0.15, -0.1) is 0 Å². The van der Waals surface area contributed by atoms with Crippen LogP contribution in [0, 0.1) is 0 Å². The van der Waals surface area contributed by atoms with Gasteiger partial charge in [0.15, 0.2) is 5.76 Å². The summed E-state index contributed by atoms with van der Waals surface area (Å²) in [6, 6.07) is 10.7. The number of allylic oxidation sites excluding steroid dienone is 1. The summed E-state index contributed by atoms with van der Waals surface area (Å²) in [4.78, 5) is 25.1. The highest BCUT2D eigenvalue weighted by molar-refractivity contribution is 6.19. The number of ether oxygens (including phenoxy) is 1. The molecule has 0 spiro atoms. The summed E-state index contributed by atoms with van der Waals surface area (Å²) in [5.41, 5.74) is -2.36. The first-order valence-corrected chi connectivity index (χ1v) is 7.67. The van der Waals surface area contributed by atoms with Gasteiger partial charge >= 0.3 is 5.97 Å². The van der Waals surface area contributed by atoms with E-state index in [1.807, 2.05) is 0 Å². The molecule has 7 nitrogen and oxygen atoms in total. The number of carbonyl (C=O) groups is 2. The molecule has 0 fully saturated rings. The lowest BCUT2D eigenvalue weighted by Crippen LogP contribution is -2.45. The highest BCUT2D eigenvalue weighted by atomic mass is 16.5. The van der Waals surface area contributed by atoms with Gasteiger partial charge < -0.3 is 25.2 Å². The number of aliphatic hydroxyl groups is 2. The molecule has 2 aromatic carbocycles. The third-order valence-electron chi connectivity index (χ3n) is 4.41. The third-order valence-corrected chi connectivity index (χ3v) is 4.41. The van der Waals surface area contributed by atoms with E-state index in [1.165, 1.54) is 48.5 Å². The SMILES string of the molecule is COC(=O)C1(O)C(c2ccc(O)cc2)=C(O)C(=O)C1c1ccc(O)cc1. The quantitative estimate of drug-likeness (QED) is 0.616. The van der Waals surface area contributed by atoms with Crippen LogP contribution in [0.1, 0.15) is 17.0 Å². The van der Waals surface area contributed by atoms with E-state index in [2.05, 4.69) is 0 Å². The molecule has 0 saturated heterocycles. The van der Waals surface area contributed by atoms with E-state index < -0.39 is 29.0 Å². The number of benzene rings is 2. The number of rotatable bonds is 3. The van der Waals surface area contributed by atoms with Gasteiger partial charge in [0.05, 0.1) is 13.0 Å². The van der Waals surface area contributed by atoms with Crippen LogP contribution in [0.5, 0.6) is 11.5 Å². The van der Waals surface area contributed by atoms with Crippen molar-refractivity contribution < 1.29 is 34.8 Å². The minimum absolute atomic E-state index is 0.0586. The van der Waals surface area contributed by atoms with Crippen LogP contribution in [0.15, 0.2) is 54.3 Å². The van der Waals surface area contributed by atoms with Crippen molar-refractivity contribution in [3.63, 3.8) is 0 Å². The molecule has 0 heterocycles. The Morgan fingerprint density at radius 2 is 1.46 bits per heavy atom. The number of hydrogen-bond acceptors (Lipinski definition) is 7. The maximum Gasteiger partial charge on any atom is 0.343 e. The summed E-state index contributed by atoms with van der Waals surface area (Å²) in [5.74, 6) is -4.30. The molecule has 7 heteroatoms. The fourth-order valence-electron chi connectivity index (χ4n) is 3.19. The molecule has 134 valence electrons. The van der Waals surface area contributed by atoms with Crippen LogP contribution in [0.2, 0.25) is 0 Å². The number of aromatic hydroxyl groups is 2. The summed E-state index contributed by atoms with van der Waals surface area (Å²) in [7, 11) is 1.06. The molecule has 0 radical (unpaired) electrons. The van der Waals surface area contributed by atoms with Gasteiger partial charge in [-0.2, -0.15) is 0 Å². The summed E-state index contributed by atoms with van der Waals surface area (Å²) >= 11 is 0. The number of carbonyl (C=O) groups excluding carboxylic acids is 2. The van der Waals surface area contributed by atoms with Gasteiger partial charge in [-0.1, -0.05) is 24.3 Å². The number of phenolic OH excluding ortho intramolecular Hbond substituents is 2. The fraction of sp³-hybridized carbons (Fsp3) is 0.158. The molecule has 1 aliphatic carbocycles. The van der Waals surface area contributed by atoms with Crippen molar-refractivity contribution in [2.24, 2.45) is 0 Å². The third kappa shape index (κ3) is 2.49. The second kappa shape index (κ2) is 6.20. The Kier molecular flexibility index (Phi) is 4.17. The molecule has 0 saturated carbocycles. The van der Waals surface area contributed by atoms with Crippen molar-refractivity contribution in [2.45, 2.75) is 11.5 Å². The van der Waals surface area contributed by atoms with Gasteiger partial charge in [-0.3, -0.25) is 4.79 Å². The fourth-order valence-corrected chi connectivity index (χ4v) is 3.19. The number of aliphatic hydroxyl groups excluding tert-OH is 1. The molecule has 2 unspecified atom stereocenters. The number of ketones is 1. The Labute approximate surface area is 148 Å². The molecule has 2 aromatic rings. The smallest absolute Gasteiger partial charge is 0.343 e. The van der Waals surface area contributed by atoms with Gasteiger partial charge in [-0.25, -0.2) is 4.79 Å². The first-order valence-electron chi connectivity index (χ1n) is 7.67. The van der Waals surface area contributed by atoms with E-state index in [0.717, 1.165) is 7.11 Å². The molecule has 0 aromatic heterocycles. The number of methoxy groups -OCH3 is 1. The highest BCUT2D eigenvalue weighted by Gasteiger charge is 2.60. The second-order valence-corrected chi connectivity index (χ2v) is 5.92. The first kappa shape index (κ1) is 17.5. The summed E-state index contributed by atoms with van der Waals surface area (Å²) < 4.78 is 4.70. The van der Waals surface area contributed by atoms with Crippen molar-refractivity contribution in [1.29, 1.82) is 0 Å². The van der Waals surface area contributed by atoms with Crippen LogP contribution in [-0.4, -0.2) is 44.9 Å². The standard InChI is InChI=1S/C19H16O7/c1-26-18(24)19(25)14(10-2-6-12(20)7-3-10)16(22)17(23)15(19)11-4-8-13(21)9-5-11/h2-9,14,20-21,23,25H,1H3. The predicted octanol–water partition coefficient (Wildman–Crippen LogP) is 1.64. The van der Waals surface area contributed by atoms with E-state index >= 15 is 0 Å². The lowest BCUT2D eigenvalue weighted by molar-refractivity contribution is -0.159. The molecule has 4 N–H and O–H groups in total. The molecular weight excluding hydrogens is 340 g/mol. The van der Waals surface area contributed by atoms with Crippen LogP contribution >= 0.6 is 0 Å². The number of phenols is 2. The molecular formula is C19H16O7. The Hall–Kier alpha value is -3.32. The largest absolute Gasteiger partial charge is 0.508 e. The van der Waals surface area contributed by atoms with E-state index in [9.17, 15) is 30.0 Å². The van der Waals surface area contributed by atoms with Gasteiger partial charge in [0.25, 0.3) is 0 Å². The lowest BCUT2D eigenvalue weighted by Gasteiger charge is -2.29. The average Bonchev–Trinajstić information content (AvgIpc) is 2.83. The van der Waals surface area contributed by atoms with E-state index in [0.29, 0.717) is 0 Å². The Morgan fingerprint density at radius 1 is 0.962 bits per heavy atom. The van der Waals surface area contributed by atoms with Crippen LogP contribution in [0.25, 0.3) is 5.57 Å². The average molecular weight is 356 g/mol. The normalized spacial score (nSPS) is 22.5.